The number of aromatic amines is 1. The van der Waals surface area contributed by atoms with Crippen LogP contribution in [0.2, 0.25) is 0 Å². The molecule has 21 heavy (non-hydrogen) atoms. The van der Waals surface area contributed by atoms with Gasteiger partial charge < -0.3 is 9.88 Å². The van der Waals surface area contributed by atoms with Crippen LogP contribution in [0.4, 0.5) is 5.69 Å². The Morgan fingerprint density at radius 3 is 2.57 bits per heavy atom. The number of para-hydroxylation sites is 2. The van der Waals surface area contributed by atoms with E-state index >= 15 is 0 Å². The smallest absolute Gasteiger partial charge is 0.227 e. The van der Waals surface area contributed by atoms with Crippen molar-refractivity contribution in [2.24, 2.45) is 0 Å². The molecule has 3 aromatic rings. The molecule has 2 aromatic carbocycles. The van der Waals surface area contributed by atoms with Crippen molar-refractivity contribution in [1.82, 2.24) is 4.98 Å². The fourth-order valence-electron chi connectivity index (χ4n) is 2.54. The molecule has 0 aliphatic rings. The van der Waals surface area contributed by atoms with Crippen LogP contribution in [0, 0.1) is 0 Å². The third-order valence-corrected chi connectivity index (χ3v) is 3.80. The number of H-pyrrole nitrogens is 1. The van der Waals surface area contributed by atoms with Crippen molar-refractivity contribution in [3.63, 3.8) is 0 Å². The lowest BCUT2D eigenvalue weighted by atomic mass is 10.1. The highest BCUT2D eigenvalue weighted by molar-refractivity contribution is 5.93. The number of hydrogen-bond acceptors (Lipinski definition) is 1. The van der Waals surface area contributed by atoms with Crippen LogP contribution in [0.3, 0.4) is 0 Å². The molecule has 0 fully saturated rings. The number of nitrogens with one attached hydrogen (secondary N) is 1. The molecule has 3 rings (SSSR count). The zero-order valence-electron chi connectivity index (χ0n) is 12.0. The molecule has 3 nitrogen and oxygen atoms in total. The molecule has 1 heterocycles. The second kappa shape index (κ2) is 5.83. The number of carbonyl (C=O) groups is 1. The van der Waals surface area contributed by atoms with Gasteiger partial charge in [0, 0.05) is 36.3 Å². The molecule has 1 N–H and O–H groups in total. The normalized spacial score (nSPS) is 10.7. The number of rotatable bonds is 4. The minimum absolute atomic E-state index is 0.131. The van der Waals surface area contributed by atoms with E-state index < -0.39 is 0 Å². The maximum absolute atomic E-state index is 12.3. The zero-order valence-corrected chi connectivity index (χ0v) is 12.0. The Hall–Kier alpha value is -2.55. The molecule has 0 radical (unpaired) electrons. The minimum atomic E-state index is 0.131. The Morgan fingerprint density at radius 2 is 1.76 bits per heavy atom. The van der Waals surface area contributed by atoms with E-state index in [1.54, 1.807) is 4.90 Å². The molecule has 0 aliphatic heterocycles. The van der Waals surface area contributed by atoms with Crippen LogP contribution in [0.1, 0.15) is 12.0 Å². The third-order valence-electron chi connectivity index (χ3n) is 3.80. The summed E-state index contributed by atoms with van der Waals surface area (Å²) in [5, 5.41) is 1.20. The predicted molar refractivity (Wildman–Crippen MR) is 86.5 cm³/mol. The van der Waals surface area contributed by atoms with Gasteiger partial charge in [0.25, 0.3) is 0 Å². The van der Waals surface area contributed by atoms with E-state index in [-0.39, 0.29) is 5.91 Å². The summed E-state index contributed by atoms with van der Waals surface area (Å²) in [4.78, 5) is 17.3. The van der Waals surface area contributed by atoms with Gasteiger partial charge in [0.1, 0.15) is 0 Å². The summed E-state index contributed by atoms with van der Waals surface area (Å²) in [5.74, 6) is 0.131. The van der Waals surface area contributed by atoms with Crippen LogP contribution < -0.4 is 4.90 Å². The number of fused-ring (bicyclic) bond motifs is 1. The number of benzene rings is 2. The molecule has 1 amide bonds. The maximum Gasteiger partial charge on any atom is 0.227 e. The summed E-state index contributed by atoms with van der Waals surface area (Å²) in [6.07, 6.45) is 3.26. The van der Waals surface area contributed by atoms with Crippen LogP contribution >= 0.6 is 0 Å². The number of anilines is 1. The highest BCUT2D eigenvalue weighted by Crippen LogP contribution is 2.20. The molecule has 3 heteroatoms. The van der Waals surface area contributed by atoms with Crippen molar-refractivity contribution in [3.8, 4) is 0 Å². The molecule has 106 valence electrons. The molecular formula is C18H18N2O. The first kappa shape index (κ1) is 13.4. The summed E-state index contributed by atoms with van der Waals surface area (Å²) in [6.45, 7) is 0. The van der Waals surface area contributed by atoms with E-state index in [2.05, 4.69) is 17.1 Å². The SMILES string of the molecule is CN(C(=O)CCc1c[nH]c2ccccc12)c1ccccc1. The van der Waals surface area contributed by atoms with Gasteiger partial charge in [-0.25, -0.2) is 0 Å². The molecule has 1 aromatic heterocycles. The van der Waals surface area contributed by atoms with Crippen molar-refractivity contribution in [2.75, 3.05) is 11.9 Å². The van der Waals surface area contributed by atoms with Crippen LogP contribution in [-0.2, 0) is 11.2 Å². The van der Waals surface area contributed by atoms with E-state index in [1.165, 1.54) is 10.9 Å². The maximum atomic E-state index is 12.3. The summed E-state index contributed by atoms with van der Waals surface area (Å²) in [6, 6.07) is 17.9. The van der Waals surface area contributed by atoms with Crippen LogP contribution in [-0.4, -0.2) is 17.9 Å². The summed E-state index contributed by atoms with van der Waals surface area (Å²) in [5.41, 5.74) is 3.25. The highest BCUT2D eigenvalue weighted by atomic mass is 16.2. The van der Waals surface area contributed by atoms with Gasteiger partial charge in [-0.3, -0.25) is 4.79 Å². The van der Waals surface area contributed by atoms with Gasteiger partial charge >= 0.3 is 0 Å². The van der Waals surface area contributed by atoms with E-state index in [1.807, 2.05) is 55.7 Å². The Kier molecular flexibility index (Phi) is 3.73. The predicted octanol–water partition coefficient (Wildman–Crippen LogP) is 3.76. The molecule has 0 atom stereocenters. The van der Waals surface area contributed by atoms with Gasteiger partial charge in [0.05, 0.1) is 0 Å². The topological polar surface area (TPSA) is 36.1 Å². The fraction of sp³-hybridized carbons (Fsp3) is 0.167. The van der Waals surface area contributed by atoms with Gasteiger partial charge in [-0.2, -0.15) is 0 Å². The van der Waals surface area contributed by atoms with Gasteiger partial charge in [0.15, 0.2) is 0 Å². The molecule has 0 spiro atoms. The molecule has 0 aliphatic carbocycles. The van der Waals surface area contributed by atoms with Gasteiger partial charge in [-0.05, 0) is 30.2 Å². The first-order valence-corrected chi connectivity index (χ1v) is 7.12. The molecule has 0 saturated carbocycles. The van der Waals surface area contributed by atoms with Crippen molar-refractivity contribution >= 4 is 22.5 Å². The number of aromatic nitrogens is 1. The molecule has 0 unspecified atom stereocenters. The second-order valence-electron chi connectivity index (χ2n) is 5.15. The number of amides is 1. The average molecular weight is 278 g/mol. The van der Waals surface area contributed by atoms with Gasteiger partial charge in [0.2, 0.25) is 5.91 Å². The Balaban J connectivity index is 1.69. The van der Waals surface area contributed by atoms with Crippen LogP contribution in [0.15, 0.2) is 60.8 Å². The lowest BCUT2D eigenvalue weighted by Gasteiger charge is -2.17. The molecule has 0 saturated heterocycles. The summed E-state index contributed by atoms with van der Waals surface area (Å²) in [7, 11) is 1.83. The first-order chi connectivity index (χ1) is 10.3. The zero-order chi connectivity index (χ0) is 14.7. The third kappa shape index (κ3) is 2.82. The van der Waals surface area contributed by atoms with Crippen LogP contribution in [0.25, 0.3) is 10.9 Å². The second-order valence-corrected chi connectivity index (χ2v) is 5.15. The fourth-order valence-corrected chi connectivity index (χ4v) is 2.54. The van der Waals surface area contributed by atoms with Crippen molar-refractivity contribution in [2.45, 2.75) is 12.8 Å². The van der Waals surface area contributed by atoms with E-state index in [0.29, 0.717) is 6.42 Å². The summed E-state index contributed by atoms with van der Waals surface area (Å²) >= 11 is 0. The number of aryl methyl sites for hydroxylation is 1. The highest BCUT2D eigenvalue weighted by Gasteiger charge is 2.12. The van der Waals surface area contributed by atoms with Gasteiger partial charge in [-0.15, -0.1) is 0 Å². The number of carbonyl (C=O) groups excluding carboxylic acids is 1. The first-order valence-electron chi connectivity index (χ1n) is 7.12. The quantitative estimate of drug-likeness (QED) is 0.775. The average Bonchev–Trinajstić information content (AvgIpc) is 2.96. The monoisotopic (exact) mass is 278 g/mol. The minimum Gasteiger partial charge on any atom is -0.361 e. The van der Waals surface area contributed by atoms with E-state index in [4.69, 9.17) is 0 Å². The Labute approximate surface area is 124 Å². The van der Waals surface area contributed by atoms with Crippen LogP contribution in [0.5, 0.6) is 0 Å². The summed E-state index contributed by atoms with van der Waals surface area (Å²) < 4.78 is 0. The van der Waals surface area contributed by atoms with Gasteiger partial charge in [-0.1, -0.05) is 36.4 Å². The lowest BCUT2D eigenvalue weighted by Crippen LogP contribution is -2.26. The molecular weight excluding hydrogens is 260 g/mol. The largest absolute Gasteiger partial charge is 0.361 e. The Bertz CT molecular complexity index is 746. The number of nitrogens with zero attached hydrogens (tertiary/aromatic N) is 1. The van der Waals surface area contributed by atoms with E-state index in [0.717, 1.165) is 17.6 Å². The lowest BCUT2D eigenvalue weighted by molar-refractivity contribution is -0.118. The number of hydrogen-bond donors (Lipinski definition) is 1. The molecule has 0 bridgehead atoms. The standard InChI is InChI=1S/C18H18N2O/c1-20(15-7-3-2-4-8-15)18(21)12-11-14-13-19-17-10-6-5-9-16(14)17/h2-10,13,19H,11-12H2,1H3. The van der Waals surface area contributed by atoms with Crippen molar-refractivity contribution < 1.29 is 4.79 Å². The van der Waals surface area contributed by atoms with Crippen molar-refractivity contribution in [1.29, 1.82) is 0 Å². The van der Waals surface area contributed by atoms with E-state index in [9.17, 15) is 4.79 Å². The van der Waals surface area contributed by atoms with Crippen molar-refractivity contribution in [3.05, 3.63) is 66.4 Å². The Morgan fingerprint density at radius 1 is 1.05 bits per heavy atom.